The topological polar surface area (TPSA) is 97.1 Å². The van der Waals surface area contributed by atoms with Crippen LogP contribution in [0.25, 0.3) is 10.8 Å². The van der Waals surface area contributed by atoms with Crippen molar-refractivity contribution >= 4 is 16.7 Å². The molecule has 7 heteroatoms. The lowest BCUT2D eigenvalue weighted by atomic mass is 9.78. The Balaban J connectivity index is 1.77. The van der Waals surface area contributed by atoms with Gasteiger partial charge in [0.05, 0.1) is 12.7 Å². The predicted octanol–water partition coefficient (Wildman–Crippen LogP) is 2.37. The number of hydrogen-bond donors (Lipinski definition) is 2. The summed E-state index contributed by atoms with van der Waals surface area (Å²) >= 11 is 0. The lowest BCUT2D eigenvalue weighted by Gasteiger charge is -2.30. The first-order valence-corrected chi connectivity index (χ1v) is 9.39. The van der Waals surface area contributed by atoms with Crippen molar-refractivity contribution in [2.24, 2.45) is 0 Å². The van der Waals surface area contributed by atoms with Crippen molar-refractivity contribution in [2.75, 3.05) is 7.05 Å². The van der Waals surface area contributed by atoms with Crippen LogP contribution in [0.15, 0.2) is 47.7 Å². The van der Waals surface area contributed by atoms with Crippen LogP contribution in [-0.4, -0.2) is 32.8 Å². The summed E-state index contributed by atoms with van der Waals surface area (Å²) in [6, 6.07) is 8.38. The molecule has 0 unspecified atom stereocenters. The number of fused-ring (bicyclic) bond motifs is 1. The van der Waals surface area contributed by atoms with Crippen molar-refractivity contribution in [1.82, 2.24) is 20.1 Å². The number of hydrogen-bond acceptors (Lipinski definition) is 5. The maximum atomic E-state index is 12.1. The Morgan fingerprint density at radius 3 is 2.79 bits per heavy atom. The van der Waals surface area contributed by atoms with Crippen LogP contribution in [-0.2, 0) is 12.0 Å². The lowest BCUT2D eigenvalue weighted by molar-refractivity contribution is 0.0953. The molecule has 7 nitrogen and oxygen atoms in total. The van der Waals surface area contributed by atoms with Gasteiger partial charge in [-0.2, -0.15) is 5.10 Å². The Hall–Kier alpha value is -3.22. The highest BCUT2D eigenvalue weighted by molar-refractivity contribution is 5.92. The molecule has 1 aromatic carbocycles. The first-order chi connectivity index (χ1) is 13.5. The van der Waals surface area contributed by atoms with Gasteiger partial charge in [0.2, 0.25) is 0 Å². The molecule has 0 aliphatic heterocycles. The molecule has 28 heavy (non-hydrogen) atoms. The molecule has 0 bridgehead atoms. The number of pyridine rings is 1. The second kappa shape index (κ2) is 7.07. The molecular formula is C21H22N4O3. The third-order valence-electron chi connectivity index (χ3n) is 5.67. The average molecular weight is 378 g/mol. The van der Waals surface area contributed by atoms with Crippen LogP contribution in [0, 0.1) is 0 Å². The van der Waals surface area contributed by atoms with Gasteiger partial charge >= 0.3 is 0 Å². The number of carbonyl (C=O) groups excluding carboxylic acids is 1. The van der Waals surface area contributed by atoms with Crippen molar-refractivity contribution in [3.63, 3.8) is 0 Å². The van der Waals surface area contributed by atoms with Crippen LogP contribution in [0.1, 0.15) is 41.7 Å². The van der Waals surface area contributed by atoms with Crippen LogP contribution < -0.4 is 10.7 Å². The van der Waals surface area contributed by atoms with Crippen molar-refractivity contribution in [3.8, 4) is 5.75 Å². The van der Waals surface area contributed by atoms with Gasteiger partial charge in [-0.1, -0.05) is 31.0 Å². The maximum absolute atomic E-state index is 12.1. The zero-order valence-corrected chi connectivity index (χ0v) is 15.7. The van der Waals surface area contributed by atoms with E-state index in [2.05, 4.69) is 33.6 Å². The number of aromatic hydroxyl groups is 1. The minimum atomic E-state index is -0.755. The molecule has 1 fully saturated rings. The third-order valence-corrected chi connectivity index (χ3v) is 5.67. The molecule has 1 aliphatic rings. The van der Waals surface area contributed by atoms with Crippen molar-refractivity contribution in [3.05, 3.63) is 64.3 Å². The number of carbonyl (C=O) groups is 1. The Labute approximate surface area is 162 Å². The van der Waals surface area contributed by atoms with E-state index in [9.17, 15) is 14.7 Å². The molecule has 2 aromatic heterocycles. The number of amides is 1. The van der Waals surface area contributed by atoms with Crippen molar-refractivity contribution in [1.29, 1.82) is 0 Å². The molecule has 3 aromatic rings. The average Bonchev–Trinajstić information content (AvgIpc) is 3.19. The van der Waals surface area contributed by atoms with Crippen LogP contribution in [0.4, 0.5) is 0 Å². The fourth-order valence-corrected chi connectivity index (χ4v) is 4.18. The third kappa shape index (κ3) is 3.13. The molecule has 0 spiro atoms. The molecule has 1 amide bonds. The highest BCUT2D eigenvalue weighted by Crippen LogP contribution is 2.43. The fourth-order valence-electron chi connectivity index (χ4n) is 4.18. The first-order valence-electron chi connectivity index (χ1n) is 9.39. The zero-order valence-electron chi connectivity index (χ0n) is 15.7. The Morgan fingerprint density at radius 2 is 2.04 bits per heavy atom. The molecule has 1 saturated carbocycles. The first kappa shape index (κ1) is 18.2. The summed E-state index contributed by atoms with van der Waals surface area (Å²) in [5.41, 5.74) is -0.00829. The fraction of sp³-hybridized carbons (Fsp3) is 0.333. The monoisotopic (exact) mass is 378 g/mol. The Morgan fingerprint density at radius 1 is 1.25 bits per heavy atom. The highest BCUT2D eigenvalue weighted by Gasteiger charge is 2.36. The van der Waals surface area contributed by atoms with Gasteiger partial charge in [0, 0.05) is 30.2 Å². The van der Waals surface area contributed by atoms with Gasteiger partial charge in [0.25, 0.3) is 11.3 Å². The molecule has 2 N–H and O–H groups in total. The van der Waals surface area contributed by atoms with Crippen LogP contribution in [0.5, 0.6) is 5.75 Å². The van der Waals surface area contributed by atoms with Crippen LogP contribution in [0.3, 0.4) is 0 Å². The summed E-state index contributed by atoms with van der Waals surface area (Å²) in [7, 11) is 1.43. The van der Waals surface area contributed by atoms with E-state index in [1.165, 1.54) is 23.5 Å². The van der Waals surface area contributed by atoms with Gasteiger partial charge in [-0.15, -0.1) is 0 Å². The smallest absolute Gasteiger partial charge is 0.275 e. The summed E-state index contributed by atoms with van der Waals surface area (Å²) in [4.78, 5) is 28.2. The van der Waals surface area contributed by atoms with Gasteiger partial charge in [-0.3, -0.25) is 19.3 Å². The van der Waals surface area contributed by atoms with Crippen LogP contribution in [0.2, 0.25) is 0 Å². The number of nitrogens with zero attached hydrogens (tertiary/aromatic N) is 3. The molecular weight excluding hydrogens is 356 g/mol. The molecule has 1 aliphatic carbocycles. The molecule has 144 valence electrons. The largest absolute Gasteiger partial charge is 0.503 e. The molecule has 2 heterocycles. The lowest BCUT2D eigenvalue weighted by Crippen LogP contribution is -2.33. The van der Waals surface area contributed by atoms with E-state index >= 15 is 0 Å². The maximum Gasteiger partial charge on any atom is 0.275 e. The summed E-state index contributed by atoms with van der Waals surface area (Å²) in [5, 5.41) is 18.9. The SMILES string of the molecule is CNC(=O)c1nn(CC2(c3ccc4cnccc4c3)CCCC2)cc(O)c1=O. The highest BCUT2D eigenvalue weighted by atomic mass is 16.3. The summed E-state index contributed by atoms with van der Waals surface area (Å²) in [6.45, 7) is 0.488. The minimum absolute atomic E-state index is 0.161. The minimum Gasteiger partial charge on any atom is -0.503 e. The van der Waals surface area contributed by atoms with Crippen molar-refractivity contribution in [2.45, 2.75) is 37.6 Å². The van der Waals surface area contributed by atoms with E-state index in [4.69, 9.17) is 0 Å². The van der Waals surface area contributed by atoms with Gasteiger partial charge < -0.3 is 10.4 Å². The van der Waals surface area contributed by atoms with E-state index in [0.29, 0.717) is 6.54 Å². The van der Waals surface area contributed by atoms with Gasteiger partial charge in [0.1, 0.15) is 0 Å². The van der Waals surface area contributed by atoms with Gasteiger partial charge in [-0.25, -0.2) is 0 Å². The molecule has 4 rings (SSSR count). The number of benzene rings is 1. The quantitative estimate of drug-likeness (QED) is 0.726. The molecule has 0 saturated heterocycles. The second-order valence-electron chi connectivity index (χ2n) is 7.39. The zero-order chi connectivity index (χ0) is 19.7. The van der Waals surface area contributed by atoms with E-state index in [1.54, 1.807) is 6.20 Å². The molecule has 0 atom stereocenters. The number of aromatic nitrogens is 3. The van der Waals surface area contributed by atoms with E-state index in [-0.39, 0.29) is 11.1 Å². The van der Waals surface area contributed by atoms with E-state index < -0.39 is 17.1 Å². The Bertz CT molecular complexity index is 1100. The summed E-state index contributed by atoms with van der Waals surface area (Å²) in [6.07, 6.45) is 9.11. The van der Waals surface area contributed by atoms with Gasteiger partial charge in [-0.05, 0) is 29.9 Å². The number of nitrogens with one attached hydrogen (secondary N) is 1. The second-order valence-corrected chi connectivity index (χ2v) is 7.39. The summed E-state index contributed by atoms with van der Waals surface area (Å²) in [5.74, 6) is -1.07. The van der Waals surface area contributed by atoms with E-state index in [0.717, 1.165) is 36.5 Å². The number of rotatable bonds is 4. The standard InChI is InChI=1S/C21H22N4O3/c1-22-20(28)18-19(27)17(26)12-25(24-18)13-21(7-2-3-8-21)16-5-4-15-11-23-9-6-14(15)10-16/h4-6,9-12,26H,2-3,7-8,13H2,1H3,(H,22,28). The van der Waals surface area contributed by atoms with Crippen molar-refractivity contribution < 1.29 is 9.90 Å². The predicted molar refractivity (Wildman–Crippen MR) is 105 cm³/mol. The van der Waals surface area contributed by atoms with Gasteiger partial charge in [0.15, 0.2) is 11.4 Å². The normalized spacial score (nSPS) is 15.6. The van der Waals surface area contributed by atoms with Crippen LogP contribution >= 0.6 is 0 Å². The van der Waals surface area contributed by atoms with E-state index in [1.807, 2.05) is 12.3 Å². The molecule has 0 radical (unpaired) electrons. The summed E-state index contributed by atoms with van der Waals surface area (Å²) < 4.78 is 1.53. The Kier molecular flexibility index (Phi) is 4.58.